The summed E-state index contributed by atoms with van der Waals surface area (Å²) in [6.45, 7) is 0.251. The van der Waals surface area contributed by atoms with Crippen LogP contribution in [0.5, 0.6) is 0 Å². The molecular weight excluding hydrogens is 310 g/mol. The SMILES string of the molecule is N#Cc1c(Cc2cccc(F)c2)nn(Cc2cccc(F)c2)c1N. The second kappa shape index (κ2) is 6.50. The zero-order valence-electron chi connectivity index (χ0n) is 12.7. The molecule has 1 aromatic heterocycles. The summed E-state index contributed by atoms with van der Waals surface area (Å²) in [5, 5.41) is 13.7. The van der Waals surface area contributed by atoms with Crippen LogP contribution in [0.15, 0.2) is 48.5 Å². The molecular formula is C18H14F2N4. The van der Waals surface area contributed by atoms with E-state index in [0.717, 1.165) is 0 Å². The largest absolute Gasteiger partial charge is 0.383 e. The molecule has 0 aliphatic heterocycles. The number of nitrogen functional groups attached to an aromatic ring is 1. The molecule has 0 fully saturated rings. The molecule has 0 amide bonds. The fourth-order valence-electron chi connectivity index (χ4n) is 2.54. The smallest absolute Gasteiger partial charge is 0.140 e. The van der Waals surface area contributed by atoms with Crippen LogP contribution in [0, 0.1) is 23.0 Å². The van der Waals surface area contributed by atoms with Gasteiger partial charge in [0.15, 0.2) is 0 Å². The Bertz CT molecular complexity index is 925. The van der Waals surface area contributed by atoms with Crippen LogP contribution in [0.3, 0.4) is 0 Å². The number of hydrogen-bond acceptors (Lipinski definition) is 3. The zero-order valence-corrected chi connectivity index (χ0v) is 12.7. The van der Waals surface area contributed by atoms with Crippen molar-refractivity contribution in [2.24, 2.45) is 0 Å². The second-order valence-corrected chi connectivity index (χ2v) is 5.41. The van der Waals surface area contributed by atoms with Crippen LogP contribution >= 0.6 is 0 Å². The number of halogens is 2. The first-order valence-corrected chi connectivity index (χ1v) is 7.31. The molecule has 3 aromatic rings. The molecule has 2 N–H and O–H groups in total. The van der Waals surface area contributed by atoms with Crippen LogP contribution in [0.1, 0.15) is 22.4 Å². The molecule has 24 heavy (non-hydrogen) atoms. The molecule has 0 bridgehead atoms. The summed E-state index contributed by atoms with van der Waals surface area (Å²) in [6.07, 6.45) is 0.293. The van der Waals surface area contributed by atoms with Gasteiger partial charge in [0, 0.05) is 6.42 Å². The van der Waals surface area contributed by atoms with Gasteiger partial charge in [0.25, 0.3) is 0 Å². The molecule has 3 rings (SSSR count). The molecule has 0 atom stereocenters. The van der Waals surface area contributed by atoms with E-state index < -0.39 is 0 Å². The Kier molecular flexibility index (Phi) is 4.25. The number of hydrogen-bond donors (Lipinski definition) is 1. The number of rotatable bonds is 4. The van der Waals surface area contributed by atoms with Crippen LogP contribution in [0.25, 0.3) is 0 Å². The Morgan fingerprint density at radius 2 is 1.67 bits per heavy atom. The van der Waals surface area contributed by atoms with Gasteiger partial charge in [-0.25, -0.2) is 13.5 Å². The molecule has 0 spiro atoms. The minimum absolute atomic E-state index is 0.216. The van der Waals surface area contributed by atoms with Crippen molar-refractivity contribution in [2.45, 2.75) is 13.0 Å². The van der Waals surface area contributed by atoms with E-state index in [-0.39, 0.29) is 29.6 Å². The summed E-state index contributed by atoms with van der Waals surface area (Å²) in [6, 6.07) is 14.2. The number of anilines is 1. The van der Waals surface area contributed by atoms with Crippen molar-refractivity contribution < 1.29 is 8.78 Å². The lowest BCUT2D eigenvalue weighted by Gasteiger charge is -2.04. The van der Waals surface area contributed by atoms with E-state index in [1.807, 2.05) is 6.07 Å². The van der Waals surface area contributed by atoms with Crippen LogP contribution < -0.4 is 5.73 Å². The Hall–Kier alpha value is -3.20. The molecule has 0 aliphatic carbocycles. The number of nitrogens with zero attached hydrogens (tertiary/aromatic N) is 3. The summed E-state index contributed by atoms with van der Waals surface area (Å²) in [5.74, 6) is -0.481. The van der Waals surface area contributed by atoms with Crippen LogP contribution in [0.2, 0.25) is 0 Å². The van der Waals surface area contributed by atoms with E-state index >= 15 is 0 Å². The van der Waals surface area contributed by atoms with Crippen LogP contribution in [0.4, 0.5) is 14.6 Å². The van der Waals surface area contributed by atoms with Crippen molar-refractivity contribution in [1.82, 2.24) is 9.78 Å². The Balaban J connectivity index is 1.92. The third-order valence-corrected chi connectivity index (χ3v) is 3.66. The molecule has 4 nitrogen and oxygen atoms in total. The molecule has 1 heterocycles. The van der Waals surface area contributed by atoms with E-state index in [4.69, 9.17) is 5.73 Å². The van der Waals surface area contributed by atoms with Gasteiger partial charge in [-0.3, -0.25) is 0 Å². The zero-order chi connectivity index (χ0) is 17.1. The molecule has 2 aromatic carbocycles. The van der Waals surface area contributed by atoms with Crippen molar-refractivity contribution in [1.29, 1.82) is 5.26 Å². The van der Waals surface area contributed by atoms with Gasteiger partial charge in [-0.05, 0) is 35.4 Å². The summed E-state index contributed by atoms with van der Waals surface area (Å²) in [4.78, 5) is 0. The normalized spacial score (nSPS) is 10.5. The summed E-state index contributed by atoms with van der Waals surface area (Å²) in [5.41, 5.74) is 8.11. The first-order valence-electron chi connectivity index (χ1n) is 7.31. The van der Waals surface area contributed by atoms with E-state index in [1.54, 1.807) is 24.3 Å². The van der Waals surface area contributed by atoms with Crippen LogP contribution in [-0.4, -0.2) is 9.78 Å². The van der Waals surface area contributed by atoms with Crippen molar-refractivity contribution in [3.05, 3.63) is 82.5 Å². The maximum absolute atomic E-state index is 13.3. The Morgan fingerprint density at radius 3 is 2.29 bits per heavy atom. The van der Waals surface area contributed by atoms with Crippen molar-refractivity contribution in [2.75, 3.05) is 5.73 Å². The lowest BCUT2D eigenvalue weighted by atomic mass is 10.1. The van der Waals surface area contributed by atoms with Gasteiger partial charge < -0.3 is 5.73 Å². The van der Waals surface area contributed by atoms with Crippen molar-refractivity contribution in [3.63, 3.8) is 0 Å². The first-order chi connectivity index (χ1) is 11.6. The predicted octanol–water partition coefficient (Wildman–Crippen LogP) is 3.25. The number of benzene rings is 2. The molecule has 0 saturated heterocycles. The van der Waals surface area contributed by atoms with Crippen LogP contribution in [-0.2, 0) is 13.0 Å². The second-order valence-electron chi connectivity index (χ2n) is 5.41. The van der Waals surface area contributed by atoms with Gasteiger partial charge in [-0.1, -0.05) is 24.3 Å². The lowest BCUT2D eigenvalue weighted by Crippen LogP contribution is -2.06. The quantitative estimate of drug-likeness (QED) is 0.801. The van der Waals surface area contributed by atoms with Gasteiger partial charge in [-0.2, -0.15) is 10.4 Å². The number of nitrogens with two attached hydrogens (primary N) is 1. The summed E-state index contributed by atoms with van der Waals surface area (Å²) >= 11 is 0. The maximum Gasteiger partial charge on any atom is 0.140 e. The summed E-state index contributed by atoms with van der Waals surface area (Å²) in [7, 11) is 0. The van der Waals surface area contributed by atoms with E-state index in [0.29, 0.717) is 23.2 Å². The predicted molar refractivity (Wildman–Crippen MR) is 86.1 cm³/mol. The van der Waals surface area contributed by atoms with E-state index in [9.17, 15) is 14.0 Å². The highest BCUT2D eigenvalue weighted by molar-refractivity contribution is 5.53. The van der Waals surface area contributed by atoms with Gasteiger partial charge in [-0.15, -0.1) is 0 Å². The van der Waals surface area contributed by atoms with Gasteiger partial charge >= 0.3 is 0 Å². The molecule has 0 unspecified atom stereocenters. The minimum atomic E-state index is -0.349. The molecule has 0 radical (unpaired) electrons. The fourth-order valence-corrected chi connectivity index (χ4v) is 2.54. The lowest BCUT2D eigenvalue weighted by molar-refractivity contribution is 0.619. The number of nitriles is 1. The maximum atomic E-state index is 13.3. The Labute approximate surface area is 137 Å². The fraction of sp³-hybridized carbons (Fsp3) is 0.111. The third-order valence-electron chi connectivity index (χ3n) is 3.66. The molecule has 6 heteroatoms. The van der Waals surface area contributed by atoms with Crippen molar-refractivity contribution in [3.8, 4) is 6.07 Å². The van der Waals surface area contributed by atoms with Crippen molar-refractivity contribution >= 4 is 5.82 Å². The standard InChI is InChI=1S/C18H14F2N4/c19-14-5-1-3-12(7-14)9-17-16(10-21)18(22)24(23-17)11-13-4-2-6-15(20)8-13/h1-8H,9,11,22H2. The first kappa shape index (κ1) is 15.7. The Morgan fingerprint density at radius 1 is 1.04 bits per heavy atom. The average molecular weight is 324 g/mol. The summed E-state index contributed by atoms with van der Waals surface area (Å²) < 4.78 is 28.1. The van der Waals surface area contributed by atoms with Gasteiger partial charge in [0.2, 0.25) is 0 Å². The topological polar surface area (TPSA) is 67.6 Å². The monoisotopic (exact) mass is 324 g/mol. The third kappa shape index (κ3) is 3.25. The molecule has 0 saturated carbocycles. The van der Waals surface area contributed by atoms with E-state index in [1.165, 1.54) is 28.9 Å². The highest BCUT2D eigenvalue weighted by atomic mass is 19.1. The average Bonchev–Trinajstić information content (AvgIpc) is 2.82. The molecule has 0 aliphatic rings. The highest BCUT2D eigenvalue weighted by Gasteiger charge is 2.16. The van der Waals surface area contributed by atoms with Gasteiger partial charge in [0.05, 0.1) is 12.2 Å². The number of aromatic nitrogens is 2. The van der Waals surface area contributed by atoms with Gasteiger partial charge in [0.1, 0.15) is 29.1 Å². The van der Waals surface area contributed by atoms with E-state index in [2.05, 4.69) is 5.10 Å². The minimum Gasteiger partial charge on any atom is -0.383 e. The molecule has 120 valence electrons. The highest BCUT2D eigenvalue weighted by Crippen LogP contribution is 2.21.